The van der Waals surface area contributed by atoms with E-state index >= 15 is 0 Å². The predicted octanol–water partition coefficient (Wildman–Crippen LogP) is 4.19. The van der Waals surface area contributed by atoms with Gasteiger partial charge in [-0.3, -0.25) is 4.57 Å². The highest BCUT2D eigenvalue weighted by Crippen LogP contribution is 2.29. The van der Waals surface area contributed by atoms with E-state index in [0.29, 0.717) is 6.54 Å². The molecule has 1 aromatic carbocycles. The molecular formula is C20H25N5OS. The molecule has 4 rings (SSSR count). The molecule has 1 aliphatic rings. The maximum absolute atomic E-state index is 5.41. The van der Waals surface area contributed by atoms with E-state index in [1.54, 1.807) is 18.4 Å². The van der Waals surface area contributed by atoms with Gasteiger partial charge in [0, 0.05) is 25.0 Å². The predicted molar refractivity (Wildman–Crippen MR) is 110 cm³/mol. The number of hydrogen-bond donors (Lipinski definition) is 1. The molecule has 0 saturated carbocycles. The fourth-order valence-corrected chi connectivity index (χ4v) is 4.27. The van der Waals surface area contributed by atoms with Crippen LogP contribution in [0.2, 0.25) is 0 Å². The van der Waals surface area contributed by atoms with E-state index in [1.807, 2.05) is 36.5 Å². The van der Waals surface area contributed by atoms with Gasteiger partial charge in [-0.05, 0) is 43.0 Å². The van der Waals surface area contributed by atoms with Crippen molar-refractivity contribution in [3.8, 4) is 10.9 Å². The Labute approximate surface area is 163 Å². The van der Waals surface area contributed by atoms with Crippen LogP contribution in [0, 0.1) is 5.92 Å². The Balaban J connectivity index is 1.47. The Morgan fingerprint density at radius 2 is 1.89 bits per heavy atom. The molecule has 1 N–H and O–H groups in total. The Kier molecular flexibility index (Phi) is 5.29. The minimum absolute atomic E-state index is 0.684. The summed E-state index contributed by atoms with van der Waals surface area (Å²) in [6.07, 6.45) is 4.50. The zero-order chi connectivity index (χ0) is 18.6. The van der Waals surface area contributed by atoms with Gasteiger partial charge in [-0.2, -0.15) is 0 Å². The summed E-state index contributed by atoms with van der Waals surface area (Å²) in [4.78, 5) is 2.36. The maximum atomic E-state index is 5.41. The lowest BCUT2D eigenvalue weighted by Crippen LogP contribution is -2.32. The normalized spacial score (nSPS) is 15.1. The summed E-state index contributed by atoms with van der Waals surface area (Å²) in [6, 6.07) is 12.1. The van der Waals surface area contributed by atoms with Gasteiger partial charge < -0.3 is 15.0 Å². The molecule has 0 radical (unpaired) electrons. The molecule has 7 heteroatoms. The van der Waals surface area contributed by atoms with Crippen molar-refractivity contribution >= 4 is 22.2 Å². The smallest absolute Gasteiger partial charge is 0.218 e. The number of nitrogens with zero attached hydrogens (tertiary/aromatic N) is 4. The van der Waals surface area contributed by atoms with Crippen molar-refractivity contribution in [1.29, 1.82) is 0 Å². The number of methoxy groups -OCH3 is 1. The Hall–Kier alpha value is -2.54. The van der Waals surface area contributed by atoms with Gasteiger partial charge in [-0.1, -0.05) is 30.4 Å². The SMILES string of the molecule is COc1ccccc1NCc1cccn1-c1nnc(N2CCC(C)CC2)s1. The first-order valence-corrected chi connectivity index (χ1v) is 10.2. The number of para-hydroxylation sites is 2. The molecule has 142 valence electrons. The van der Waals surface area contributed by atoms with Gasteiger partial charge in [0.25, 0.3) is 0 Å². The number of ether oxygens (including phenoxy) is 1. The van der Waals surface area contributed by atoms with E-state index in [-0.39, 0.29) is 0 Å². The molecule has 27 heavy (non-hydrogen) atoms. The summed E-state index contributed by atoms with van der Waals surface area (Å²) in [7, 11) is 1.69. The van der Waals surface area contributed by atoms with Crippen LogP contribution in [0.1, 0.15) is 25.5 Å². The molecule has 3 aromatic rings. The Bertz CT molecular complexity index is 882. The average Bonchev–Trinajstić information content (AvgIpc) is 3.36. The van der Waals surface area contributed by atoms with Gasteiger partial charge in [0.2, 0.25) is 10.3 Å². The van der Waals surface area contributed by atoms with Crippen LogP contribution in [0.25, 0.3) is 5.13 Å². The monoisotopic (exact) mass is 383 g/mol. The van der Waals surface area contributed by atoms with Crippen LogP contribution < -0.4 is 15.0 Å². The standard InChI is InChI=1S/C20H25N5OS/c1-15-9-12-24(13-10-15)19-22-23-20(27-19)25-11-5-6-16(25)14-21-17-7-3-4-8-18(17)26-2/h3-8,11,15,21H,9-10,12-14H2,1-2H3. The topological polar surface area (TPSA) is 55.2 Å². The molecule has 0 aliphatic carbocycles. The lowest BCUT2D eigenvalue weighted by atomic mass is 10.00. The van der Waals surface area contributed by atoms with Crippen molar-refractivity contribution in [3.05, 3.63) is 48.3 Å². The van der Waals surface area contributed by atoms with Crippen molar-refractivity contribution in [2.75, 3.05) is 30.4 Å². The van der Waals surface area contributed by atoms with Crippen molar-refractivity contribution < 1.29 is 4.74 Å². The molecule has 1 saturated heterocycles. The van der Waals surface area contributed by atoms with Crippen LogP contribution in [-0.2, 0) is 6.54 Å². The van der Waals surface area contributed by atoms with Crippen LogP contribution in [0.15, 0.2) is 42.6 Å². The molecule has 2 aromatic heterocycles. The third-order valence-electron chi connectivity index (χ3n) is 5.06. The van der Waals surface area contributed by atoms with Crippen LogP contribution in [0.4, 0.5) is 10.8 Å². The number of rotatable bonds is 6. The summed E-state index contributed by atoms with van der Waals surface area (Å²) in [5, 5.41) is 14.3. The second-order valence-electron chi connectivity index (χ2n) is 6.96. The number of benzene rings is 1. The van der Waals surface area contributed by atoms with Gasteiger partial charge in [0.15, 0.2) is 0 Å². The van der Waals surface area contributed by atoms with E-state index in [9.17, 15) is 0 Å². The highest BCUT2D eigenvalue weighted by molar-refractivity contribution is 7.17. The van der Waals surface area contributed by atoms with Gasteiger partial charge in [0.05, 0.1) is 19.3 Å². The fourth-order valence-electron chi connectivity index (χ4n) is 3.36. The first-order valence-electron chi connectivity index (χ1n) is 9.36. The summed E-state index contributed by atoms with van der Waals surface area (Å²) >= 11 is 1.66. The van der Waals surface area contributed by atoms with Crippen molar-refractivity contribution in [1.82, 2.24) is 14.8 Å². The second kappa shape index (κ2) is 8.00. The van der Waals surface area contributed by atoms with Gasteiger partial charge >= 0.3 is 0 Å². The van der Waals surface area contributed by atoms with Crippen molar-refractivity contribution in [2.45, 2.75) is 26.3 Å². The fraction of sp³-hybridized carbons (Fsp3) is 0.400. The lowest BCUT2D eigenvalue weighted by molar-refractivity contribution is 0.416. The van der Waals surface area contributed by atoms with E-state index in [1.165, 1.54) is 12.8 Å². The van der Waals surface area contributed by atoms with E-state index < -0.39 is 0 Å². The number of hydrogen-bond acceptors (Lipinski definition) is 6. The Morgan fingerprint density at radius 3 is 2.70 bits per heavy atom. The minimum atomic E-state index is 0.684. The molecule has 1 fully saturated rings. The number of anilines is 2. The molecule has 0 amide bonds. The second-order valence-corrected chi connectivity index (χ2v) is 7.89. The summed E-state index contributed by atoms with van der Waals surface area (Å²) in [6.45, 7) is 5.15. The molecule has 6 nitrogen and oxygen atoms in total. The summed E-state index contributed by atoms with van der Waals surface area (Å²) < 4.78 is 7.52. The van der Waals surface area contributed by atoms with E-state index in [2.05, 4.69) is 38.0 Å². The molecule has 1 aliphatic heterocycles. The highest BCUT2D eigenvalue weighted by atomic mass is 32.1. The van der Waals surface area contributed by atoms with Crippen LogP contribution >= 0.6 is 11.3 Å². The molecule has 0 bridgehead atoms. The maximum Gasteiger partial charge on any atom is 0.218 e. The number of nitrogens with one attached hydrogen (secondary N) is 1. The van der Waals surface area contributed by atoms with Gasteiger partial charge in [-0.15, -0.1) is 10.2 Å². The average molecular weight is 384 g/mol. The van der Waals surface area contributed by atoms with E-state index in [4.69, 9.17) is 4.74 Å². The highest BCUT2D eigenvalue weighted by Gasteiger charge is 2.20. The lowest BCUT2D eigenvalue weighted by Gasteiger charge is -2.29. The third kappa shape index (κ3) is 3.93. The quantitative estimate of drug-likeness (QED) is 0.692. The van der Waals surface area contributed by atoms with Crippen LogP contribution in [-0.4, -0.2) is 35.0 Å². The first-order chi connectivity index (χ1) is 13.2. The number of piperidine rings is 1. The molecule has 0 unspecified atom stereocenters. The van der Waals surface area contributed by atoms with Gasteiger partial charge in [0.1, 0.15) is 5.75 Å². The molecular weight excluding hydrogens is 358 g/mol. The zero-order valence-corrected chi connectivity index (χ0v) is 16.6. The summed E-state index contributed by atoms with van der Waals surface area (Å²) in [5.41, 5.74) is 2.11. The Morgan fingerprint density at radius 1 is 1.11 bits per heavy atom. The molecule has 0 spiro atoms. The third-order valence-corrected chi connectivity index (χ3v) is 6.05. The van der Waals surface area contributed by atoms with E-state index in [0.717, 1.165) is 46.4 Å². The van der Waals surface area contributed by atoms with Crippen LogP contribution in [0.5, 0.6) is 5.75 Å². The van der Waals surface area contributed by atoms with Gasteiger partial charge in [-0.25, -0.2) is 0 Å². The van der Waals surface area contributed by atoms with Crippen LogP contribution in [0.3, 0.4) is 0 Å². The van der Waals surface area contributed by atoms with Crippen molar-refractivity contribution in [3.63, 3.8) is 0 Å². The minimum Gasteiger partial charge on any atom is -0.495 e. The summed E-state index contributed by atoms with van der Waals surface area (Å²) in [5.74, 6) is 1.65. The molecule has 0 atom stereocenters. The largest absolute Gasteiger partial charge is 0.495 e. The first kappa shape index (κ1) is 17.9. The van der Waals surface area contributed by atoms with Crippen molar-refractivity contribution in [2.24, 2.45) is 5.92 Å². The molecule has 3 heterocycles. The number of aromatic nitrogens is 3. The zero-order valence-electron chi connectivity index (χ0n) is 15.8.